The highest BCUT2D eigenvalue weighted by Gasteiger charge is 2.40. The van der Waals surface area contributed by atoms with Gasteiger partial charge in [-0.05, 0) is 91.1 Å². The van der Waals surface area contributed by atoms with Crippen molar-refractivity contribution in [2.45, 2.75) is 77.5 Å². The summed E-state index contributed by atoms with van der Waals surface area (Å²) in [7, 11) is 1.79. The Labute approximate surface area is 249 Å². The SMILES string of the molecule is C=N/C(=C\C(=NC)c1n[nH]c2ccc(OC3(C)CC3)cc12)N1CCN(CC2CCN(C(=O)OC(C)(C)C)CC2)[C@@H](C)C1. The van der Waals surface area contributed by atoms with E-state index in [1.165, 1.54) is 0 Å². The van der Waals surface area contributed by atoms with Gasteiger partial charge in [-0.1, -0.05) is 0 Å². The molecular formula is C32H47N7O3. The summed E-state index contributed by atoms with van der Waals surface area (Å²) in [5.74, 6) is 2.24. The molecule has 2 saturated heterocycles. The first-order valence-corrected chi connectivity index (χ1v) is 15.3. The third-order valence-corrected chi connectivity index (χ3v) is 8.61. The lowest BCUT2D eigenvalue weighted by atomic mass is 9.95. The van der Waals surface area contributed by atoms with Gasteiger partial charge in [-0.3, -0.25) is 15.0 Å². The van der Waals surface area contributed by atoms with E-state index in [9.17, 15) is 4.79 Å². The van der Waals surface area contributed by atoms with Gasteiger partial charge in [0.05, 0.1) is 11.2 Å². The zero-order chi connectivity index (χ0) is 30.1. The highest BCUT2D eigenvalue weighted by Crippen LogP contribution is 2.40. The van der Waals surface area contributed by atoms with Crippen molar-refractivity contribution in [2.75, 3.05) is 46.3 Å². The summed E-state index contributed by atoms with van der Waals surface area (Å²) < 4.78 is 11.8. The van der Waals surface area contributed by atoms with E-state index in [0.717, 1.165) is 98.8 Å². The van der Waals surface area contributed by atoms with Gasteiger partial charge in [0.25, 0.3) is 0 Å². The lowest BCUT2D eigenvalue weighted by molar-refractivity contribution is 0.0144. The minimum absolute atomic E-state index is 0.0463. The molecular weight excluding hydrogens is 530 g/mol. The third kappa shape index (κ3) is 7.14. The molecule has 3 aliphatic rings. The number of amides is 1. The molecule has 1 aromatic heterocycles. The highest BCUT2D eigenvalue weighted by molar-refractivity contribution is 6.15. The number of nitrogens with one attached hydrogen (secondary N) is 1. The number of hydrogen-bond acceptors (Lipinski definition) is 8. The minimum atomic E-state index is -0.459. The number of fused-ring (bicyclic) bond motifs is 1. The van der Waals surface area contributed by atoms with Crippen molar-refractivity contribution in [3.05, 3.63) is 35.8 Å². The molecule has 1 atom stereocenters. The Balaban J connectivity index is 1.19. The lowest BCUT2D eigenvalue weighted by Gasteiger charge is -2.43. The maximum atomic E-state index is 12.4. The second-order valence-corrected chi connectivity index (χ2v) is 13.3. The van der Waals surface area contributed by atoms with Gasteiger partial charge in [-0.15, -0.1) is 0 Å². The number of allylic oxidation sites excluding steroid dienone is 1. The summed E-state index contributed by atoms with van der Waals surface area (Å²) in [5.41, 5.74) is 1.98. The van der Waals surface area contributed by atoms with Crippen molar-refractivity contribution in [3.63, 3.8) is 0 Å². The number of benzene rings is 1. The molecule has 228 valence electrons. The molecule has 42 heavy (non-hydrogen) atoms. The van der Waals surface area contributed by atoms with E-state index >= 15 is 0 Å². The van der Waals surface area contributed by atoms with E-state index in [-0.39, 0.29) is 11.7 Å². The van der Waals surface area contributed by atoms with Crippen LogP contribution in [-0.2, 0) is 4.74 Å². The zero-order valence-electron chi connectivity index (χ0n) is 26.2. The summed E-state index contributed by atoms with van der Waals surface area (Å²) >= 11 is 0. The average molecular weight is 578 g/mol. The number of likely N-dealkylation sites (tertiary alicyclic amines) is 1. The Morgan fingerprint density at radius 2 is 1.93 bits per heavy atom. The molecule has 2 aromatic rings. The number of H-pyrrole nitrogens is 1. The van der Waals surface area contributed by atoms with E-state index in [2.05, 4.69) is 56.6 Å². The predicted octanol–water partition coefficient (Wildman–Crippen LogP) is 5.11. The number of nitrogens with zero attached hydrogens (tertiary/aromatic N) is 6. The first-order chi connectivity index (χ1) is 20.0. The van der Waals surface area contributed by atoms with Gasteiger partial charge >= 0.3 is 6.09 Å². The van der Waals surface area contributed by atoms with E-state index in [1.54, 1.807) is 7.05 Å². The molecule has 10 heteroatoms. The van der Waals surface area contributed by atoms with Gasteiger partial charge in [0.1, 0.15) is 28.5 Å². The van der Waals surface area contributed by atoms with Crippen molar-refractivity contribution in [2.24, 2.45) is 15.9 Å². The first kappa shape index (κ1) is 30.1. The van der Waals surface area contributed by atoms with Crippen molar-refractivity contribution in [1.29, 1.82) is 0 Å². The van der Waals surface area contributed by atoms with Crippen LogP contribution in [0.2, 0.25) is 0 Å². The summed E-state index contributed by atoms with van der Waals surface area (Å²) in [5, 5.41) is 8.72. The molecule has 1 aliphatic carbocycles. The molecule has 3 heterocycles. The Hall–Kier alpha value is -3.40. The van der Waals surface area contributed by atoms with Crippen LogP contribution >= 0.6 is 0 Å². The largest absolute Gasteiger partial charge is 0.488 e. The Morgan fingerprint density at radius 1 is 1.19 bits per heavy atom. The number of piperazine rings is 1. The van der Waals surface area contributed by atoms with Crippen LogP contribution in [0, 0.1) is 5.92 Å². The fourth-order valence-electron chi connectivity index (χ4n) is 5.84. The number of carbonyl (C=O) groups excluding carboxylic acids is 1. The molecule has 1 aromatic carbocycles. The van der Waals surface area contributed by atoms with Crippen LogP contribution in [0.4, 0.5) is 4.79 Å². The smallest absolute Gasteiger partial charge is 0.410 e. The Kier molecular flexibility index (Phi) is 8.64. The number of piperidine rings is 1. The monoisotopic (exact) mass is 577 g/mol. The van der Waals surface area contributed by atoms with Gasteiger partial charge < -0.3 is 19.3 Å². The van der Waals surface area contributed by atoms with Gasteiger partial charge in [0, 0.05) is 63.8 Å². The van der Waals surface area contributed by atoms with Crippen LogP contribution in [0.15, 0.2) is 40.1 Å². The maximum Gasteiger partial charge on any atom is 0.410 e. The quantitative estimate of drug-likeness (QED) is 0.438. The molecule has 1 N–H and O–H groups in total. The molecule has 0 spiro atoms. The second kappa shape index (κ2) is 12.1. The van der Waals surface area contributed by atoms with Crippen LogP contribution in [0.3, 0.4) is 0 Å². The van der Waals surface area contributed by atoms with E-state index in [0.29, 0.717) is 12.0 Å². The van der Waals surface area contributed by atoms with E-state index < -0.39 is 5.60 Å². The summed E-state index contributed by atoms with van der Waals surface area (Å²) in [4.78, 5) is 28.2. The minimum Gasteiger partial charge on any atom is -0.488 e. The molecule has 2 aliphatic heterocycles. The summed E-state index contributed by atoms with van der Waals surface area (Å²) in [6, 6.07) is 6.42. The van der Waals surface area contributed by atoms with E-state index in [4.69, 9.17) is 9.47 Å². The fraction of sp³-hybridized carbons (Fsp3) is 0.625. The molecule has 0 radical (unpaired) electrons. The number of rotatable bonds is 8. The zero-order valence-corrected chi connectivity index (χ0v) is 26.2. The van der Waals surface area contributed by atoms with Crippen LogP contribution in [0.25, 0.3) is 10.9 Å². The van der Waals surface area contributed by atoms with Crippen LogP contribution in [0.1, 0.15) is 66.0 Å². The number of ether oxygens (including phenoxy) is 2. The molecule has 0 unspecified atom stereocenters. The number of aliphatic imine (C=N–C) groups is 2. The molecule has 0 bridgehead atoms. The Morgan fingerprint density at radius 3 is 2.55 bits per heavy atom. The van der Waals surface area contributed by atoms with Gasteiger partial charge in [0.2, 0.25) is 0 Å². The van der Waals surface area contributed by atoms with Crippen LogP contribution in [-0.4, -0.2) is 107 Å². The third-order valence-electron chi connectivity index (χ3n) is 8.61. The first-order valence-electron chi connectivity index (χ1n) is 15.3. The number of hydrogen-bond donors (Lipinski definition) is 1. The fourth-order valence-corrected chi connectivity index (χ4v) is 5.84. The Bertz CT molecular complexity index is 1350. The normalized spacial score (nSPS) is 22.4. The van der Waals surface area contributed by atoms with Gasteiger partial charge in [-0.2, -0.15) is 5.10 Å². The lowest BCUT2D eigenvalue weighted by Crippen LogP contribution is -2.53. The average Bonchev–Trinajstić information content (AvgIpc) is 3.52. The van der Waals surface area contributed by atoms with Crippen LogP contribution in [0.5, 0.6) is 5.75 Å². The summed E-state index contributed by atoms with van der Waals surface area (Å²) in [6.07, 6.45) is 5.98. The number of carbonyl (C=O) groups is 1. The predicted molar refractivity (Wildman–Crippen MR) is 168 cm³/mol. The van der Waals surface area contributed by atoms with Crippen molar-refractivity contribution in [3.8, 4) is 5.75 Å². The van der Waals surface area contributed by atoms with Gasteiger partial charge in [0.15, 0.2) is 0 Å². The standard InChI is InChI=1S/C32H47N7O3/c1-22-20-39(17-16-38(22)21-23-10-14-37(15-11-23)30(40)42-31(2,3)4)28(34-7)19-27(33-6)29-25-18-24(41-32(5)12-13-32)8-9-26(25)35-36-29/h8-9,18-19,22-23H,7,10-17,20-21H2,1-6H3,(H,35,36)/b28-19+,33-27?/t22-/m0/s1. The topological polar surface area (TPSA) is 98.6 Å². The number of aromatic nitrogens is 2. The molecule has 3 fully saturated rings. The van der Waals surface area contributed by atoms with E-state index in [1.807, 2.05) is 43.9 Å². The molecule has 1 amide bonds. The summed E-state index contributed by atoms with van der Waals surface area (Å²) in [6.45, 7) is 19.3. The maximum absolute atomic E-state index is 12.4. The number of aromatic amines is 1. The second-order valence-electron chi connectivity index (χ2n) is 13.3. The molecule has 5 rings (SSSR count). The molecule has 10 nitrogen and oxygen atoms in total. The van der Waals surface area contributed by atoms with Crippen LogP contribution < -0.4 is 4.74 Å². The molecule has 1 saturated carbocycles. The van der Waals surface area contributed by atoms with Gasteiger partial charge in [-0.25, -0.2) is 9.79 Å². The van der Waals surface area contributed by atoms with Crippen molar-refractivity contribution < 1.29 is 14.3 Å². The van der Waals surface area contributed by atoms with Crippen molar-refractivity contribution in [1.82, 2.24) is 24.9 Å². The highest BCUT2D eigenvalue weighted by atomic mass is 16.6. The van der Waals surface area contributed by atoms with Crippen molar-refractivity contribution >= 4 is 29.4 Å².